The topological polar surface area (TPSA) is 42.4 Å². The molecular weight excluding hydrogens is 176 g/mol. The molecule has 0 radical (unpaired) electrons. The maximum atomic E-state index is 5.49. The molecular formula is C11H20N2O. The van der Waals surface area contributed by atoms with Gasteiger partial charge in [0.1, 0.15) is 11.5 Å². The molecule has 1 aromatic heterocycles. The third kappa shape index (κ3) is 3.94. The minimum absolute atomic E-state index is 0.785. The summed E-state index contributed by atoms with van der Waals surface area (Å²) >= 11 is 0. The molecule has 1 heterocycles. The van der Waals surface area contributed by atoms with Crippen molar-refractivity contribution in [3.8, 4) is 0 Å². The normalized spacial score (nSPS) is 11.1. The van der Waals surface area contributed by atoms with E-state index >= 15 is 0 Å². The summed E-state index contributed by atoms with van der Waals surface area (Å²) in [5, 5.41) is 0. The van der Waals surface area contributed by atoms with Gasteiger partial charge in [-0.05, 0) is 52.0 Å². The van der Waals surface area contributed by atoms with E-state index in [0.29, 0.717) is 0 Å². The van der Waals surface area contributed by atoms with Gasteiger partial charge < -0.3 is 10.2 Å². The van der Waals surface area contributed by atoms with Gasteiger partial charge in [0, 0.05) is 0 Å². The molecule has 0 aliphatic rings. The highest BCUT2D eigenvalue weighted by molar-refractivity contribution is 5.05. The molecule has 0 aliphatic heterocycles. The van der Waals surface area contributed by atoms with Gasteiger partial charge in [-0.3, -0.25) is 4.90 Å². The Balaban J connectivity index is 2.23. The van der Waals surface area contributed by atoms with E-state index in [1.807, 2.05) is 19.1 Å². The molecule has 0 amide bonds. The second-order valence-corrected chi connectivity index (χ2v) is 3.75. The Kier molecular flexibility index (Phi) is 4.70. The van der Waals surface area contributed by atoms with Crippen LogP contribution in [-0.4, -0.2) is 25.0 Å². The summed E-state index contributed by atoms with van der Waals surface area (Å²) in [4.78, 5) is 2.26. The molecule has 0 atom stereocenters. The molecule has 3 nitrogen and oxygen atoms in total. The summed E-state index contributed by atoms with van der Waals surface area (Å²) in [6.45, 7) is 4.72. The first-order valence-electron chi connectivity index (χ1n) is 5.16. The highest BCUT2D eigenvalue weighted by Gasteiger charge is 2.02. The van der Waals surface area contributed by atoms with Crippen LogP contribution in [0.3, 0.4) is 0 Å². The first-order chi connectivity index (χ1) is 6.72. The zero-order valence-electron chi connectivity index (χ0n) is 9.12. The Labute approximate surface area is 85.9 Å². The molecule has 14 heavy (non-hydrogen) atoms. The molecule has 3 heteroatoms. The molecule has 0 aliphatic carbocycles. The van der Waals surface area contributed by atoms with Crippen molar-refractivity contribution in [3.05, 3.63) is 23.7 Å². The maximum absolute atomic E-state index is 5.49. The van der Waals surface area contributed by atoms with E-state index < -0.39 is 0 Å². The van der Waals surface area contributed by atoms with Crippen molar-refractivity contribution in [2.24, 2.45) is 5.73 Å². The predicted molar refractivity (Wildman–Crippen MR) is 58.1 cm³/mol. The monoisotopic (exact) mass is 196 g/mol. The van der Waals surface area contributed by atoms with Crippen LogP contribution < -0.4 is 5.73 Å². The summed E-state index contributed by atoms with van der Waals surface area (Å²) < 4.78 is 5.49. The summed E-state index contributed by atoms with van der Waals surface area (Å²) in [7, 11) is 2.11. The Morgan fingerprint density at radius 1 is 1.36 bits per heavy atom. The van der Waals surface area contributed by atoms with Crippen LogP contribution >= 0.6 is 0 Å². The van der Waals surface area contributed by atoms with Gasteiger partial charge in [-0.15, -0.1) is 0 Å². The lowest BCUT2D eigenvalue weighted by Gasteiger charge is -2.14. The number of hydrogen-bond donors (Lipinski definition) is 1. The highest BCUT2D eigenvalue weighted by atomic mass is 16.3. The lowest BCUT2D eigenvalue weighted by atomic mass is 10.3. The van der Waals surface area contributed by atoms with Crippen molar-refractivity contribution in [1.82, 2.24) is 4.90 Å². The molecule has 80 valence electrons. The quantitative estimate of drug-likeness (QED) is 0.705. The number of unbranched alkanes of at least 4 members (excludes halogenated alkanes) is 1. The SMILES string of the molecule is Cc1ccc(CN(C)CCCCN)o1. The second-order valence-electron chi connectivity index (χ2n) is 3.75. The summed E-state index contributed by atoms with van der Waals surface area (Å²) in [5.41, 5.74) is 5.43. The molecule has 0 saturated heterocycles. The third-order valence-electron chi connectivity index (χ3n) is 2.22. The molecule has 0 aromatic carbocycles. The van der Waals surface area contributed by atoms with Crippen LogP contribution in [0.1, 0.15) is 24.4 Å². The average molecular weight is 196 g/mol. The number of nitrogens with zero attached hydrogens (tertiary/aromatic N) is 1. The minimum Gasteiger partial charge on any atom is -0.465 e. The van der Waals surface area contributed by atoms with Gasteiger partial charge in [-0.2, -0.15) is 0 Å². The predicted octanol–water partition coefficient (Wildman–Crippen LogP) is 1.76. The average Bonchev–Trinajstić information content (AvgIpc) is 2.52. The van der Waals surface area contributed by atoms with Gasteiger partial charge in [0.15, 0.2) is 0 Å². The first-order valence-corrected chi connectivity index (χ1v) is 5.16. The Hall–Kier alpha value is -0.800. The smallest absolute Gasteiger partial charge is 0.118 e. The molecule has 0 saturated carbocycles. The zero-order chi connectivity index (χ0) is 10.4. The minimum atomic E-state index is 0.785. The molecule has 0 fully saturated rings. The fraction of sp³-hybridized carbons (Fsp3) is 0.636. The number of rotatable bonds is 6. The lowest BCUT2D eigenvalue weighted by molar-refractivity contribution is 0.287. The van der Waals surface area contributed by atoms with E-state index in [1.54, 1.807) is 0 Å². The van der Waals surface area contributed by atoms with Gasteiger partial charge in [0.05, 0.1) is 6.54 Å². The van der Waals surface area contributed by atoms with E-state index in [4.69, 9.17) is 10.2 Å². The number of nitrogens with two attached hydrogens (primary N) is 1. The molecule has 0 spiro atoms. The standard InChI is InChI=1S/C11H20N2O/c1-10-5-6-11(14-10)9-13(2)8-4-3-7-12/h5-6H,3-4,7-9,12H2,1-2H3. The summed E-state index contributed by atoms with van der Waals surface area (Å²) in [6.07, 6.45) is 2.26. The van der Waals surface area contributed by atoms with E-state index in [0.717, 1.165) is 44.0 Å². The maximum Gasteiger partial charge on any atom is 0.118 e. The number of aryl methyl sites for hydroxylation is 1. The molecule has 0 unspecified atom stereocenters. The van der Waals surface area contributed by atoms with Crippen LogP contribution in [-0.2, 0) is 6.54 Å². The van der Waals surface area contributed by atoms with Gasteiger partial charge >= 0.3 is 0 Å². The molecule has 1 aromatic rings. The van der Waals surface area contributed by atoms with Gasteiger partial charge in [-0.25, -0.2) is 0 Å². The summed E-state index contributed by atoms with van der Waals surface area (Å²) in [5.74, 6) is 2.02. The first kappa shape index (κ1) is 11.3. The zero-order valence-corrected chi connectivity index (χ0v) is 9.12. The van der Waals surface area contributed by atoms with Crippen molar-refractivity contribution in [2.45, 2.75) is 26.3 Å². The molecule has 1 rings (SSSR count). The Morgan fingerprint density at radius 3 is 2.71 bits per heavy atom. The lowest BCUT2D eigenvalue weighted by Crippen LogP contribution is -2.19. The van der Waals surface area contributed by atoms with E-state index in [-0.39, 0.29) is 0 Å². The Morgan fingerprint density at radius 2 is 2.14 bits per heavy atom. The number of hydrogen-bond acceptors (Lipinski definition) is 3. The van der Waals surface area contributed by atoms with Crippen molar-refractivity contribution in [2.75, 3.05) is 20.1 Å². The van der Waals surface area contributed by atoms with E-state index in [9.17, 15) is 0 Å². The highest BCUT2D eigenvalue weighted by Crippen LogP contribution is 2.08. The summed E-state index contributed by atoms with van der Waals surface area (Å²) in [6, 6.07) is 4.04. The van der Waals surface area contributed by atoms with Gasteiger partial charge in [0.2, 0.25) is 0 Å². The van der Waals surface area contributed by atoms with Gasteiger partial charge in [-0.1, -0.05) is 0 Å². The van der Waals surface area contributed by atoms with Crippen molar-refractivity contribution in [1.29, 1.82) is 0 Å². The van der Waals surface area contributed by atoms with Crippen LogP contribution in [0.25, 0.3) is 0 Å². The molecule has 2 N–H and O–H groups in total. The fourth-order valence-corrected chi connectivity index (χ4v) is 1.44. The molecule has 0 bridgehead atoms. The van der Waals surface area contributed by atoms with E-state index in [2.05, 4.69) is 11.9 Å². The van der Waals surface area contributed by atoms with Crippen LogP contribution in [0, 0.1) is 6.92 Å². The Bertz CT molecular complexity index is 258. The second kappa shape index (κ2) is 5.83. The van der Waals surface area contributed by atoms with Crippen LogP contribution in [0.5, 0.6) is 0 Å². The van der Waals surface area contributed by atoms with Crippen LogP contribution in [0.4, 0.5) is 0 Å². The van der Waals surface area contributed by atoms with E-state index in [1.165, 1.54) is 0 Å². The largest absolute Gasteiger partial charge is 0.465 e. The van der Waals surface area contributed by atoms with Crippen LogP contribution in [0.15, 0.2) is 16.5 Å². The van der Waals surface area contributed by atoms with Crippen molar-refractivity contribution < 1.29 is 4.42 Å². The van der Waals surface area contributed by atoms with Gasteiger partial charge in [0.25, 0.3) is 0 Å². The van der Waals surface area contributed by atoms with Crippen LogP contribution in [0.2, 0.25) is 0 Å². The van der Waals surface area contributed by atoms with Crippen molar-refractivity contribution >= 4 is 0 Å². The van der Waals surface area contributed by atoms with Crippen molar-refractivity contribution in [3.63, 3.8) is 0 Å². The third-order valence-corrected chi connectivity index (χ3v) is 2.22. The fourth-order valence-electron chi connectivity index (χ4n) is 1.44. The number of furan rings is 1.